The van der Waals surface area contributed by atoms with E-state index < -0.39 is 0 Å². The Hall–Kier alpha value is -2.29. The first-order chi connectivity index (χ1) is 9.36. The summed E-state index contributed by atoms with van der Waals surface area (Å²) in [5, 5.41) is 7.36. The molecule has 3 heteroatoms. The van der Waals surface area contributed by atoms with Crippen LogP contribution < -0.4 is 10.5 Å². The molecule has 0 heterocycles. The zero-order valence-corrected chi connectivity index (χ0v) is 12.1. The van der Waals surface area contributed by atoms with Gasteiger partial charge in [-0.3, -0.25) is 5.41 Å². The number of nitrogen functional groups attached to an aromatic ring is 1. The van der Waals surface area contributed by atoms with Crippen LogP contribution in [0.25, 0.3) is 0 Å². The molecule has 0 radical (unpaired) electrons. The molecule has 0 unspecified atom stereocenters. The number of rotatable bonds is 3. The van der Waals surface area contributed by atoms with Crippen LogP contribution in [0.2, 0.25) is 0 Å². The lowest BCUT2D eigenvalue weighted by Crippen LogP contribution is -2.11. The van der Waals surface area contributed by atoms with Crippen molar-refractivity contribution in [2.45, 2.75) is 26.2 Å². The van der Waals surface area contributed by atoms with Crippen molar-refractivity contribution in [3.63, 3.8) is 0 Å². The molecule has 0 aromatic heterocycles. The number of benzene rings is 2. The lowest BCUT2D eigenvalue weighted by molar-refractivity contribution is 0.478. The Balaban J connectivity index is 2.20. The van der Waals surface area contributed by atoms with Crippen LogP contribution in [-0.2, 0) is 5.41 Å². The average molecular weight is 268 g/mol. The molecule has 3 nitrogen and oxygen atoms in total. The molecule has 2 aromatic rings. The largest absolute Gasteiger partial charge is 0.457 e. The molecule has 0 atom stereocenters. The van der Waals surface area contributed by atoms with E-state index in [1.54, 1.807) is 12.1 Å². The Labute approximate surface area is 119 Å². The summed E-state index contributed by atoms with van der Waals surface area (Å²) in [4.78, 5) is 0. The fourth-order valence-corrected chi connectivity index (χ4v) is 1.86. The summed E-state index contributed by atoms with van der Waals surface area (Å²) in [7, 11) is 0. The van der Waals surface area contributed by atoms with E-state index in [2.05, 4.69) is 32.9 Å². The molecule has 0 fully saturated rings. The zero-order valence-electron chi connectivity index (χ0n) is 12.1. The second-order valence-corrected chi connectivity index (χ2v) is 5.82. The SMILES string of the molecule is CC(C)(C)c1cccc(Oc2ccc(C(=N)N)cc2)c1. The first kappa shape index (κ1) is 14.1. The standard InChI is InChI=1S/C17H20N2O/c1-17(2,3)13-5-4-6-15(11-13)20-14-9-7-12(8-10-14)16(18)19/h4-11H,1-3H3,(H3,18,19). The van der Waals surface area contributed by atoms with Crippen LogP contribution >= 0.6 is 0 Å². The number of hydrogen-bond donors (Lipinski definition) is 2. The van der Waals surface area contributed by atoms with Crippen LogP contribution in [0.3, 0.4) is 0 Å². The van der Waals surface area contributed by atoms with E-state index in [4.69, 9.17) is 15.9 Å². The molecule has 0 aliphatic carbocycles. The Morgan fingerprint density at radius 1 is 1.00 bits per heavy atom. The number of ether oxygens (including phenoxy) is 1. The molecule has 0 aliphatic rings. The van der Waals surface area contributed by atoms with Crippen LogP contribution in [-0.4, -0.2) is 5.84 Å². The van der Waals surface area contributed by atoms with Gasteiger partial charge in [-0.15, -0.1) is 0 Å². The lowest BCUT2D eigenvalue weighted by atomic mass is 9.87. The molecular formula is C17H20N2O. The first-order valence-corrected chi connectivity index (χ1v) is 6.59. The third-order valence-electron chi connectivity index (χ3n) is 3.10. The minimum Gasteiger partial charge on any atom is -0.457 e. The summed E-state index contributed by atoms with van der Waals surface area (Å²) < 4.78 is 5.84. The number of amidine groups is 1. The molecular weight excluding hydrogens is 248 g/mol. The molecule has 0 spiro atoms. The first-order valence-electron chi connectivity index (χ1n) is 6.59. The fraction of sp³-hybridized carbons (Fsp3) is 0.235. The molecule has 20 heavy (non-hydrogen) atoms. The molecule has 2 aromatic carbocycles. The monoisotopic (exact) mass is 268 g/mol. The van der Waals surface area contributed by atoms with Gasteiger partial charge in [0.05, 0.1) is 0 Å². The van der Waals surface area contributed by atoms with E-state index in [0.717, 1.165) is 11.5 Å². The van der Waals surface area contributed by atoms with Gasteiger partial charge in [-0.2, -0.15) is 0 Å². The van der Waals surface area contributed by atoms with Crippen molar-refractivity contribution < 1.29 is 4.74 Å². The van der Waals surface area contributed by atoms with Gasteiger partial charge in [-0.1, -0.05) is 32.9 Å². The summed E-state index contributed by atoms with van der Waals surface area (Å²) >= 11 is 0. The maximum absolute atomic E-state index is 7.36. The summed E-state index contributed by atoms with van der Waals surface area (Å²) in [6.45, 7) is 6.52. The Morgan fingerprint density at radius 2 is 1.65 bits per heavy atom. The summed E-state index contributed by atoms with van der Waals surface area (Å²) in [5.41, 5.74) is 7.45. The third kappa shape index (κ3) is 3.38. The second kappa shape index (κ2) is 5.37. The van der Waals surface area contributed by atoms with Crippen LogP contribution in [0.4, 0.5) is 0 Å². The molecule has 0 saturated heterocycles. The van der Waals surface area contributed by atoms with E-state index in [-0.39, 0.29) is 11.3 Å². The van der Waals surface area contributed by atoms with Crippen molar-refractivity contribution in [3.8, 4) is 11.5 Å². The van der Waals surface area contributed by atoms with E-state index in [1.807, 2.05) is 24.3 Å². The fourth-order valence-electron chi connectivity index (χ4n) is 1.86. The predicted molar refractivity (Wildman–Crippen MR) is 82.7 cm³/mol. The van der Waals surface area contributed by atoms with Crippen LogP contribution in [0.1, 0.15) is 31.9 Å². The highest BCUT2D eigenvalue weighted by Crippen LogP contribution is 2.28. The van der Waals surface area contributed by atoms with Crippen molar-refractivity contribution in [1.82, 2.24) is 0 Å². The van der Waals surface area contributed by atoms with Crippen molar-refractivity contribution >= 4 is 5.84 Å². The van der Waals surface area contributed by atoms with Gasteiger partial charge in [0.25, 0.3) is 0 Å². The van der Waals surface area contributed by atoms with Gasteiger partial charge in [-0.05, 0) is 47.4 Å². The average Bonchev–Trinajstić information content (AvgIpc) is 2.38. The Bertz CT molecular complexity index is 610. The van der Waals surface area contributed by atoms with E-state index >= 15 is 0 Å². The van der Waals surface area contributed by atoms with E-state index in [0.29, 0.717) is 5.56 Å². The van der Waals surface area contributed by atoms with Crippen molar-refractivity contribution in [1.29, 1.82) is 5.41 Å². The molecule has 2 rings (SSSR count). The second-order valence-electron chi connectivity index (χ2n) is 5.82. The maximum Gasteiger partial charge on any atom is 0.127 e. The molecule has 0 amide bonds. The van der Waals surface area contributed by atoms with Crippen LogP contribution in [0.5, 0.6) is 11.5 Å². The zero-order chi connectivity index (χ0) is 14.8. The highest BCUT2D eigenvalue weighted by Gasteiger charge is 2.14. The molecule has 0 saturated carbocycles. The van der Waals surface area contributed by atoms with Gasteiger partial charge >= 0.3 is 0 Å². The summed E-state index contributed by atoms with van der Waals surface area (Å²) in [6.07, 6.45) is 0. The minimum atomic E-state index is 0.0614. The third-order valence-corrected chi connectivity index (χ3v) is 3.10. The van der Waals surface area contributed by atoms with Gasteiger partial charge in [0.2, 0.25) is 0 Å². The van der Waals surface area contributed by atoms with Crippen LogP contribution in [0, 0.1) is 5.41 Å². The van der Waals surface area contributed by atoms with Gasteiger partial charge in [0, 0.05) is 5.56 Å². The van der Waals surface area contributed by atoms with Crippen molar-refractivity contribution in [2.24, 2.45) is 5.73 Å². The van der Waals surface area contributed by atoms with Gasteiger partial charge in [-0.25, -0.2) is 0 Å². The quantitative estimate of drug-likeness (QED) is 0.651. The molecule has 0 bridgehead atoms. The van der Waals surface area contributed by atoms with Gasteiger partial charge in [0.15, 0.2) is 0 Å². The van der Waals surface area contributed by atoms with E-state index in [9.17, 15) is 0 Å². The normalized spacial score (nSPS) is 11.2. The van der Waals surface area contributed by atoms with Crippen molar-refractivity contribution in [2.75, 3.05) is 0 Å². The number of nitrogens with one attached hydrogen (secondary N) is 1. The Morgan fingerprint density at radius 3 is 2.20 bits per heavy atom. The maximum atomic E-state index is 7.36. The van der Waals surface area contributed by atoms with Gasteiger partial charge < -0.3 is 10.5 Å². The Kier molecular flexibility index (Phi) is 3.79. The predicted octanol–water partition coefficient (Wildman–Crippen LogP) is 4.06. The number of nitrogens with two attached hydrogens (primary N) is 1. The topological polar surface area (TPSA) is 59.1 Å². The lowest BCUT2D eigenvalue weighted by Gasteiger charge is -2.19. The summed E-state index contributed by atoms with van der Waals surface area (Å²) in [6, 6.07) is 15.3. The minimum absolute atomic E-state index is 0.0614. The highest BCUT2D eigenvalue weighted by atomic mass is 16.5. The number of hydrogen-bond acceptors (Lipinski definition) is 2. The molecule has 0 aliphatic heterocycles. The molecule has 3 N–H and O–H groups in total. The van der Waals surface area contributed by atoms with Gasteiger partial charge in [0.1, 0.15) is 17.3 Å². The van der Waals surface area contributed by atoms with Crippen LogP contribution in [0.15, 0.2) is 48.5 Å². The highest BCUT2D eigenvalue weighted by molar-refractivity contribution is 5.94. The van der Waals surface area contributed by atoms with Crippen molar-refractivity contribution in [3.05, 3.63) is 59.7 Å². The molecule has 104 valence electrons. The summed E-state index contributed by atoms with van der Waals surface area (Å²) in [5.74, 6) is 1.61. The smallest absolute Gasteiger partial charge is 0.127 e. The van der Waals surface area contributed by atoms with E-state index in [1.165, 1.54) is 5.56 Å².